The summed E-state index contributed by atoms with van der Waals surface area (Å²) in [5, 5.41) is 0. The maximum atomic E-state index is 5.08. The van der Waals surface area contributed by atoms with E-state index in [1.54, 1.807) is 33.7 Å². The molecule has 0 atom stereocenters. The first kappa shape index (κ1) is 41.5. The van der Waals surface area contributed by atoms with E-state index in [1.165, 1.54) is 0 Å². The molecular weight excluding hydrogens is 737 g/mol. The number of halogens is 3. The summed E-state index contributed by atoms with van der Waals surface area (Å²) in [6.07, 6.45) is 3.53. The van der Waals surface area contributed by atoms with Crippen molar-refractivity contribution in [3.05, 3.63) is 137 Å². The van der Waals surface area contributed by atoms with Crippen molar-refractivity contribution in [1.29, 1.82) is 0 Å². The van der Waals surface area contributed by atoms with Crippen molar-refractivity contribution in [3.63, 3.8) is 0 Å². The van der Waals surface area contributed by atoms with E-state index in [4.69, 9.17) is 14.2 Å². The molecule has 208 valence electrons. The van der Waals surface area contributed by atoms with Gasteiger partial charge in [0.15, 0.2) is 0 Å². The molecule has 0 unspecified atom stereocenters. The van der Waals surface area contributed by atoms with Crippen molar-refractivity contribution >= 4 is 78.0 Å². The minimum atomic E-state index is 0. The number of nitrogens with zero attached hydrogens (tertiary/aromatic N) is 2. The molecule has 0 spiro atoms. The molecule has 0 aliphatic heterocycles. The zero-order valence-electron chi connectivity index (χ0n) is 25.2. The minimum absolute atomic E-state index is 0. The molecule has 5 aromatic rings. The third-order valence-corrected chi connectivity index (χ3v) is 5.65. The second-order valence-electron chi connectivity index (χ2n) is 7.19. The van der Waals surface area contributed by atoms with Crippen LogP contribution in [0.2, 0.25) is 0 Å². The van der Waals surface area contributed by atoms with Gasteiger partial charge in [-0.2, -0.15) is 18.2 Å². The van der Waals surface area contributed by atoms with Gasteiger partial charge in [-0.15, -0.1) is 12.1 Å². The van der Waals surface area contributed by atoms with Gasteiger partial charge >= 0.3 is 46.1 Å². The number of methoxy groups -OCH3 is 3. The monoisotopic (exact) mass is 764 g/mol. The largest absolute Gasteiger partial charge is 2.00 e. The quantitative estimate of drug-likeness (QED) is 0.146. The molecule has 0 amide bonds. The van der Waals surface area contributed by atoms with Gasteiger partial charge in [-0.3, -0.25) is 4.98 Å². The van der Waals surface area contributed by atoms with Gasteiger partial charge in [0.1, 0.15) is 16.1 Å². The summed E-state index contributed by atoms with van der Waals surface area (Å²) < 4.78 is 16.9. The Balaban J connectivity index is -0.000000235. The first-order valence-corrected chi connectivity index (χ1v) is 13.1. The molecule has 0 radical (unpaired) electrons. The molecule has 2 aromatic heterocycles. The van der Waals surface area contributed by atoms with Gasteiger partial charge in [0.2, 0.25) is 0 Å². The van der Waals surface area contributed by atoms with Gasteiger partial charge in [-0.25, -0.2) is 4.98 Å². The average molecular weight is 768 g/mol. The van der Waals surface area contributed by atoms with Crippen LogP contribution < -0.4 is 31.2 Å². The summed E-state index contributed by atoms with van der Waals surface area (Å²) in [6.45, 7) is 0. The molecule has 10 heteroatoms. The van der Waals surface area contributed by atoms with E-state index >= 15 is 0 Å². The Hall–Kier alpha value is -1.67. The summed E-state index contributed by atoms with van der Waals surface area (Å²) in [4.78, 5) is 8.16. The fourth-order valence-corrected chi connectivity index (χ4v) is 3.25. The smallest absolute Gasteiger partial charge is 1.00 e. The van der Waals surface area contributed by atoms with Crippen LogP contribution in [-0.4, -0.2) is 77.4 Å². The second kappa shape index (κ2) is 26.0. The van der Waals surface area contributed by atoms with Crippen molar-refractivity contribution in [2.45, 2.75) is 0 Å². The van der Waals surface area contributed by atoms with E-state index in [9.17, 15) is 0 Å². The van der Waals surface area contributed by atoms with Crippen LogP contribution in [0.1, 0.15) is 2.85 Å². The van der Waals surface area contributed by atoms with Crippen LogP contribution >= 0.6 is 31.9 Å². The molecule has 0 saturated heterocycles. The molecule has 0 bridgehead atoms. The van der Waals surface area contributed by atoms with Crippen LogP contribution in [0.25, 0.3) is 11.3 Å². The number of rotatable bonds is 4. The van der Waals surface area contributed by atoms with Crippen LogP contribution in [0.5, 0.6) is 17.2 Å². The summed E-state index contributed by atoms with van der Waals surface area (Å²) in [5.41, 5.74) is 2.08. The van der Waals surface area contributed by atoms with Crippen LogP contribution in [-0.2, 0) is 0 Å². The maximum Gasteiger partial charge on any atom is 2.00 e. The third kappa shape index (κ3) is 18.5. The summed E-state index contributed by atoms with van der Waals surface area (Å²) in [5.74, 6) is 2.63. The first-order valence-electron chi connectivity index (χ1n) is 11.5. The molecule has 0 aliphatic rings. The van der Waals surface area contributed by atoms with E-state index < -0.39 is 0 Å². The van der Waals surface area contributed by atoms with E-state index in [2.05, 4.69) is 47.9 Å². The summed E-state index contributed by atoms with van der Waals surface area (Å²) in [6, 6.07) is 37.4. The Bertz CT molecular complexity index is 1290. The van der Waals surface area contributed by atoms with Crippen molar-refractivity contribution in [2.75, 3.05) is 21.3 Å². The standard InChI is InChI=1S/C12H11NO.C7H7BrO.C7H7O.C5H4BrN.BrH.2Mg.2H/c1-14-11-7-5-10(6-8-11)12-4-2-3-9-13-12;1-9-7-4-2-6(8)3-5-7;1-8-7-5-3-2-4-6-7;6-5-3-1-2-4-7-5;;;;;/h2-9H,1H3;2-5H,1H3;3-6H,1H3;1-4H;1H;;;;/q;;-1;;;2*+2;2*-1/p-1. The number of pyridine rings is 2. The predicted molar refractivity (Wildman–Crippen MR) is 174 cm³/mol. The van der Waals surface area contributed by atoms with E-state index in [0.29, 0.717) is 0 Å². The van der Waals surface area contributed by atoms with Crippen molar-refractivity contribution in [1.82, 2.24) is 9.97 Å². The van der Waals surface area contributed by atoms with Gasteiger partial charge in [0.05, 0.1) is 27.0 Å². The number of ether oxygens (including phenoxy) is 3. The minimum Gasteiger partial charge on any atom is -1.00 e. The Morgan fingerprint density at radius 1 is 0.585 bits per heavy atom. The summed E-state index contributed by atoms with van der Waals surface area (Å²) in [7, 11) is 4.97. The van der Waals surface area contributed by atoms with Crippen molar-refractivity contribution in [2.24, 2.45) is 0 Å². The molecule has 0 saturated carbocycles. The Morgan fingerprint density at radius 2 is 1.05 bits per heavy atom. The van der Waals surface area contributed by atoms with Gasteiger partial charge < -0.3 is 34.0 Å². The first-order chi connectivity index (χ1) is 18.5. The SMILES string of the molecule is Brc1ccccn1.COc1cc[c-]cc1.COc1ccc(-c2ccccn2)cc1.COc1ccc(Br)cc1.[Br-].[H-].[H-].[Mg+2].[Mg+2]. The molecule has 0 fully saturated rings. The number of aromatic nitrogens is 2. The van der Waals surface area contributed by atoms with E-state index in [0.717, 1.165) is 37.6 Å². The molecule has 5 nitrogen and oxygen atoms in total. The molecule has 2 heterocycles. The second-order valence-corrected chi connectivity index (χ2v) is 8.92. The Kier molecular flexibility index (Phi) is 26.3. The fraction of sp³-hybridized carbons (Fsp3) is 0.0968. The number of hydrogen-bond donors (Lipinski definition) is 0. The van der Waals surface area contributed by atoms with Gasteiger partial charge in [0, 0.05) is 28.2 Å². The molecule has 0 N–H and O–H groups in total. The van der Waals surface area contributed by atoms with Gasteiger partial charge in [-0.05, 0) is 88.7 Å². The predicted octanol–water partition coefficient (Wildman–Crippen LogP) is 5.02. The Labute approximate surface area is 305 Å². The van der Waals surface area contributed by atoms with Crippen LogP contribution in [0.3, 0.4) is 0 Å². The number of benzene rings is 3. The molecule has 5 rings (SSSR count). The van der Waals surface area contributed by atoms with Gasteiger partial charge in [-0.1, -0.05) is 28.1 Å². The number of hydrogen-bond acceptors (Lipinski definition) is 5. The topological polar surface area (TPSA) is 53.5 Å². The Morgan fingerprint density at radius 3 is 1.41 bits per heavy atom. The van der Waals surface area contributed by atoms with Gasteiger partial charge in [0.25, 0.3) is 0 Å². The molecule has 41 heavy (non-hydrogen) atoms. The zero-order valence-corrected chi connectivity index (χ0v) is 30.8. The summed E-state index contributed by atoms with van der Waals surface area (Å²) >= 11 is 6.52. The normalized spacial score (nSPS) is 8.51. The maximum absolute atomic E-state index is 5.08. The van der Waals surface area contributed by atoms with E-state index in [1.807, 2.05) is 109 Å². The molecule has 3 aromatic carbocycles. The molecular formula is C31H31Br3Mg2N2O3. The van der Waals surface area contributed by atoms with Crippen molar-refractivity contribution in [3.8, 4) is 28.5 Å². The zero-order chi connectivity index (χ0) is 27.4. The van der Waals surface area contributed by atoms with Crippen LogP contribution in [0.4, 0.5) is 0 Å². The molecule has 0 aliphatic carbocycles. The van der Waals surface area contributed by atoms with E-state index in [-0.39, 0.29) is 65.9 Å². The average Bonchev–Trinajstić information content (AvgIpc) is 3.00. The van der Waals surface area contributed by atoms with Crippen LogP contribution in [0, 0.1) is 6.07 Å². The third-order valence-electron chi connectivity index (χ3n) is 4.65. The fourth-order valence-electron chi connectivity index (χ4n) is 2.72. The van der Waals surface area contributed by atoms with Crippen LogP contribution in [0.15, 0.2) is 131 Å². The van der Waals surface area contributed by atoms with Crippen molar-refractivity contribution < 1.29 is 34.0 Å².